The number of anilines is 2. The maximum absolute atomic E-state index is 12.4. The van der Waals surface area contributed by atoms with Crippen LogP contribution in [0.15, 0.2) is 77.2 Å². The monoisotopic (exact) mass is 432 g/mol. The lowest BCUT2D eigenvalue weighted by molar-refractivity contribution is -0.113. The number of nitrogens with two attached hydrogens (primary N) is 1. The number of hydrogen-bond acceptors (Lipinski definition) is 8. The Morgan fingerprint density at radius 2 is 1.87 bits per heavy atom. The molecule has 9 nitrogen and oxygen atoms in total. The number of fused-ring (bicyclic) bond motifs is 1. The molecule has 0 fully saturated rings. The van der Waals surface area contributed by atoms with Crippen LogP contribution < -0.4 is 16.6 Å². The molecule has 0 atom stereocenters. The van der Waals surface area contributed by atoms with Gasteiger partial charge in [-0.1, -0.05) is 48.2 Å². The molecular weight excluding hydrogens is 412 g/mol. The van der Waals surface area contributed by atoms with E-state index < -0.39 is 0 Å². The first kappa shape index (κ1) is 20.4. The molecule has 0 saturated carbocycles. The molecule has 0 saturated heterocycles. The standard InChI is InChI=1S/C21H20N8OS/c1-14(15-9-11-23-12-10-15)25-26-20-27-28-21(29(20)22)31-13-19(30)24-18-8-4-6-16-5-2-3-7-17(16)18/h2-12H,13,22H2,1H3,(H,24,30)(H,26,27)/b25-14+. The summed E-state index contributed by atoms with van der Waals surface area (Å²) in [7, 11) is 0. The first-order chi connectivity index (χ1) is 15.1. The van der Waals surface area contributed by atoms with E-state index in [-0.39, 0.29) is 17.6 Å². The third-order valence-corrected chi connectivity index (χ3v) is 5.43. The molecule has 0 spiro atoms. The first-order valence-corrected chi connectivity index (χ1v) is 10.4. The van der Waals surface area contributed by atoms with Gasteiger partial charge in [0.15, 0.2) is 0 Å². The maximum atomic E-state index is 12.4. The van der Waals surface area contributed by atoms with Gasteiger partial charge in [-0.2, -0.15) is 5.10 Å². The van der Waals surface area contributed by atoms with Gasteiger partial charge >= 0.3 is 0 Å². The number of hydrazone groups is 1. The number of nitrogens with one attached hydrogen (secondary N) is 2. The Morgan fingerprint density at radius 3 is 2.71 bits per heavy atom. The van der Waals surface area contributed by atoms with Crippen LogP contribution in [0, 0.1) is 0 Å². The number of carbonyl (C=O) groups is 1. The molecule has 4 rings (SSSR count). The molecule has 0 aliphatic rings. The molecular formula is C21H20N8OS. The Labute approximate surface area is 182 Å². The molecule has 1 amide bonds. The molecule has 0 unspecified atom stereocenters. The van der Waals surface area contributed by atoms with Crippen molar-refractivity contribution in [2.24, 2.45) is 5.10 Å². The predicted molar refractivity (Wildman–Crippen MR) is 124 cm³/mol. The first-order valence-electron chi connectivity index (χ1n) is 9.43. The van der Waals surface area contributed by atoms with Crippen LogP contribution in [0.25, 0.3) is 10.8 Å². The third-order valence-electron chi connectivity index (χ3n) is 4.48. The molecule has 10 heteroatoms. The summed E-state index contributed by atoms with van der Waals surface area (Å²) < 4.78 is 1.26. The number of pyridine rings is 1. The fraction of sp³-hybridized carbons (Fsp3) is 0.0952. The van der Waals surface area contributed by atoms with Gasteiger partial charge in [-0.15, -0.1) is 10.2 Å². The molecule has 2 aromatic carbocycles. The number of hydrogen-bond donors (Lipinski definition) is 3. The summed E-state index contributed by atoms with van der Waals surface area (Å²) in [6.07, 6.45) is 3.38. The smallest absolute Gasteiger partial charge is 0.264 e. The fourth-order valence-electron chi connectivity index (χ4n) is 2.89. The third kappa shape index (κ3) is 4.81. The van der Waals surface area contributed by atoms with Gasteiger partial charge in [0, 0.05) is 29.0 Å². The van der Waals surface area contributed by atoms with Gasteiger partial charge in [-0.25, -0.2) is 10.1 Å². The van der Waals surface area contributed by atoms with Crippen LogP contribution >= 0.6 is 11.8 Å². The van der Waals surface area contributed by atoms with E-state index in [0.29, 0.717) is 5.16 Å². The van der Waals surface area contributed by atoms with Gasteiger partial charge in [0.05, 0.1) is 11.5 Å². The molecule has 2 heterocycles. The Balaban J connectivity index is 1.37. The molecule has 0 aliphatic carbocycles. The number of aromatic nitrogens is 4. The second-order valence-electron chi connectivity index (χ2n) is 6.58. The summed E-state index contributed by atoms with van der Waals surface area (Å²) in [5.74, 6) is 6.28. The predicted octanol–water partition coefficient (Wildman–Crippen LogP) is 3.11. The minimum Gasteiger partial charge on any atom is -0.334 e. The summed E-state index contributed by atoms with van der Waals surface area (Å²) >= 11 is 1.19. The maximum Gasteiger partial charge on any atom is 0.264 e. The van der Waals surface area contributed by atoms with E-state index in [9.17, 15) is 4.79 Å². The van der Waals surface area contributed by atoms with Crippen molar-refractivity contribution in [3.8, 4) is 0 Å². The summed E-state index contributed by atoms with van der Waals surface area (Å²) in [5.41, 5.74) is 5.23. The number of carbonyl (C=O) groups excluding carboxylic acids is 1. The van der Waals surface area contributed by atoms with E-state index in [4.69, 9.17) is 5.84 Å². The number of nitrogen functional groups attached to an aromatic ring is 1. The van der Waals surface area contributed by atoms with E-state index >= 15 is 0 Å². The molecule has 0 radical (unpaired) electrons. The highest BCUT2D eigenvalue weighted by atomic mass is 32.2. The summed E-state index contributed by atoms with van der Waals surface area (Å²) in [4.78, 5) is 16.4. The highest BCUT2D eigenvalue weighted by Crippen LogP contribution is 2.24. The number of rotatable bonds is 7. The van der Waals surface area contributed by atoms with Crippen LogP contribution in [-0.4, -0.2) is 37.2 Å². The second kappa shape index (κ2) is 9.26. The van der Waals surface area contributed by atoms with Crippen LogP contribution in [0.5, 0.6) is 0 Å². The van der Waals surface area contributed by atoms with Gasteiger partial charge in [0.2, 0.25) is 11.1 Å². The largest absolute Gasteiger partial charge is 0.334 e. The zero-order valence-corrected chi connectivity index (χ0v) is 17.5. The van der Waals surface area contributed by atoms with Crippen molar-refractivity contribution >= 4 is 45.8 Å². The zero-order valence-electron chi connectivity index (χ0n) is 16.7. The van der Waals surface area contributed by atoms with Gasteiger partial charge in [-0.05, 0) is 30.5 Å². The molecule has 2 aromatic heterocycles. The Kier molecular flexibility index (Phi) is 6.08. The summed E-state index contributed by atoms with van der Waals surface area (Å²) in [5, 5.41) is 17.7. The molecule has 31 heavy (non-hydrogen) atoms. The number of amides is 1. The molecule has 4 N–H and O–H groups in total. The molecule has 0 bridgehead atoms. The van der Waals surface area contributed by atoms with Crippen molar-refractivity contribution in [3.63, 3.8) is 0 Å². The van der Waals surface area contributed by atoms with Crippen molar-refractivity contribution in [3.05, 3.63) is 72.6 Å². The van der Waals surface area contributed by atoms with E-state index in [1.54, 1.807) is 12.4 Å². The highest BCUT2D eigenvalue weighted by molar-refractivity contribution is 7.99. The number of nitrogens with zero attached hydrogens (tertiary/aromatic N) is 5. The average Bonchev–Trinajstić information content (AvgIpc) is 3.16. The van der Waals surface area contributed by atoms with Crippen molar-refractivity contribution in [1.29, 1.82) is 0 Å². The van der Waals surface area contributed by atoms with E-state index in [1.165, 1.54) is 16.4 Å². The lowest BCUT2D eigenvalue weighted by Gasteiger charge is -2.08. The van der Waals surface area contributed by atoms with Crippen molar-refractivity contribution in [1.82, 2.24) is 19.9 Å². The number of benzene rings is 2. The van der Waals surface area contributed by atoms with Crippen LogP contribution in [0.1, 0.15) is 12.5 Å². The Morgan fingerprint density at radius 1 is 1.10 bits per heavy atom. The van der Waals surface area contributed by atoms with E-state index in [2.05, 4.69) is 31.0 Å². The van der Waals surface area contributed by atoms with Crippen LogP contribution in [-0.2, 0) is 4.79 Å². The van der Waals surface area contributed by atoms with Crippen molar-refractivity contribution in [2.45, 2.75) is 12.1 Å². The lowest BCUT2D eigenvalue weighted by Crippen LogP contribution is -2.17. The fourth-order valence-corrected chi connectivity index (χ4v) is 3.55. The minimum absolute atomic E-state index is 0.137. The summed E-state index contributed by atoms with van der Waals surface area (Å²) in [6, 6.07) is 17.4. The molecule has 156 valence electrons. The van der Waals surface area contributed by atoms with Gasteiger partial charge in [-0.3, -0.25) is 9.78 Å². The lowest BCUT2D eigenvalue weighted by atomic mass is 10.1. The van der Waals surface area contributed by atoms with Gasteiger partial charge < -0.3 is 11.2 Å². The molecule has 4 aromatic rings. The minimum atomic E-state index is -0.162. The van der Waals surface area contributed by atoms with Gasteiger partial charge in [0.25, 0.3) is 5.95 Å². The quantitative estimate of drug-likeness (QED) is 0.177. The topological polar surface area (TPSA) is 123 Å². The van der Waals surface area contributed by atoms with Crippen LogP contribution in [0.4, 0.5) is 11.6 Å². The zero-order chi connectivity index (χ0) is 21.6. The van der Waals surface area contributed by atoms with Gasteiger partial charge in [0.1, 0.15) is 0 Å². The Bertz CT molecular complexity index is 1230. The SMILES string of the molecule is C/C(=N\Nc1nnc(SCC(=O)Nc2cccc3ccccc23)n1N)c1ccncc1. The normalized spacial score (nSPS) is 11.5. The average molecular weight is 433 g/mol. The highest BCUT2D eigenvalue weighted by Gasteiger charge is 2.13. The van der Waals surface area contributed by atoms with E-state index in [0.717, 1.165) is 27.7 Å². The molecule has 0 aliphatic heterocycles. The van der Waals surface area contributed by atoms with Crippen LogP contribution in [0.2, 0.25) is 0 Å². The van der Waals surface area contributed by atoms with Crippen molar-refractivity contribution in [2.75, 3.05) is 22.3 Å². The Hall–Kier alpha value is -3.92. The van der Waals surface area contributed by atoms with Crippen LogP contribution in [0.3, 0.4) is 0 Å². The van der Waals surface area contributed by atoms with Crippen molar-refractivity contribution < 1.29 is 4.79 Å². The van der Waals surface area contributed by atoms with E-state index in [1.807, 2.05) is 61.5 Å². The summed E-state index contributed by atoms with van der Waals surface area (Å²) in [6.45, 7) is 1.85. The number of thioether (sulfide) groups is 1. The second-order valence-corrected chi connectivity index (χ2v) is 7.53.